The van der Waals surface area contributed by atoms with Crippen LogP contribution < -0.4 is 14.9 Å². The van der Waals surface area contributed by atoms with Gasteiger partial charge in [-0.15, -0.1) is 0 Å². The molecule has 2 N–H and O–H groups in total. The average Bonchev–Trinajstić information content (AvgIpc) is 3.32. The monoisotopic (exact) mass is 485 g/mol. The van der Waals surface area contributed by atoms with Crippen LogP contribution in [0.15, 0.2) is 16.7 Å². The standard InChI is InChI=1S/C18H28BrN7O2S/c1-24-7-9-25(10-8-24)17-12-16(26-18(22-17)15(19)13-21-26)20-6-11-29(27,28)23-14-4-2-3-5-14/h12-14,20,23H,2-11H2,1H3. The Morgan fingerprint density at radius 1 is 1.21 bits per heavy atom. The van der Waals surface area contributed by atoms with Crippen LogP contribution in [0.5, 0.6) is 0 Å². The third kappa shape index (κ3) is 5.01. The summed E-state index contributed by atoms with van der Waals surface area (Å²) >= 11 is 3.51. The van der Waals surface area contributed by atoms with Gasteiger partial charge in [0.05, 0.1) is 16.4 Å². The lowest BCUT2D eigenvalue weighted by Crippen LogP contribution is -2.44. The van der Waals surface area contributed by atoms with Gasteiger partial charge < -0.3 is 15.1 Å². The molecule has 4 rings (SSSR count). The van der Waals surface area contributed by atoms with Crippen molar-refractivity contribution < 1.29 is 8.42 Å². The van der Waals surface area contributed by atoms with E-state index >= 15 is 0 Å². The average molecular weight is 486 g/mol. The summed E-state index contributed by atoms with van der Waals surface area (Å²) in [7, 11) is -1.18. The van der Waals surface area contributed by atoms with E-state index in [0.29, 0.717) is 6.54 Å². The largest absolute Gasteiger partial charge is 0.369 e. The summed E-state index contributed by atoms with van der Waals surface area (Å²) in [6.07, 6.45) is 5.79. The summed E-state index contributed by atoms with van der Waals surface area (Å²) in [5, 5.41) is 7.62. The minimum absolute atomic E-state index is 0.0274. The summed E-state index contributed by atoms with van der Waals surface area (Å²) in [6, 6.07) is 2.05. The fraction of sp³-hybridized carbons (Fsp3) is 0.667. The molecule has 160 valence electrons. The predicted molar refractivity (Wildman–Crippen MR) is 118 cm³/mol. The second kappa shape index (κ2) is 8.75. The Balaban J connectivity index is 1.47. The van der Waals surface area contributed by atoms with E-state index in [0.717, 1.165) is 73.6 Å². The second-order valence-electron chi connectivity index (χ2n) is 7.86. The summed E-state index contributed by atoms with van der Waals surface area (Å²) in [5.41, 5.74) is 0.718. The van der Waals surface area contributed by atoms with Gasteiger partial charge in [-0.3, -0.25) is 0 Å². The third-order valence-electron chi connectivity index (χ3n) is 5.62. The van der Waals surface area contributed by atoms with Crippen LogP contribution in [-0.4, -0.2) is 79.5 Å². The molecule has 0 atom stereocenters. The van der Waals surface area contributed by atoms with Crippen molar-refractivity contribution >= 4 is 43.2 Å². The highest BCUT2D eigenvalue weighted by atomic mass is 79.9. The van der Waals surface area contributed by atoms with Gasteiger partial charge in [0.1, 0.15) is 11.6 Å². The van der Waals surface area contributed by atoms with Crippen molar-refractivity contribution in [1.82, 2.24) is 24.2 Å². The van der Waals surface area contributed by atoms with E-state index in [1.165, 1.54) is 0 Å². The van der Waals surface area contributed by atoms with Crippen molar-refractivity contribution in [3.8, 4) is 0 Å². The lowest BCUT2D eigenvalue weighted by atomic mass is 10.3. The Bertz CT molecular complexity index is 951. The number of hydrogen-bond donors (Lipinski definition) is 2. The van der Waals surface area contributed by atoms with E-state index in [2.05, 4.69) is 47.9 Å². The lowest BCUT2D eigenvalue weighted by Gasteiger charge is -2.33. The van der Waals surface area contributed by atoms with Crippen molar-refractivity contribution in [1.29, 1.82) is 0 Å². The molecule has 2 aromatic rings. The number of anilines is 2. The number of piperazine rings is 1. The molecule has 1 saturated carbocycles. The SMILES string of the molecule is CN1CCN(c2cc(NCCS(=O)(=O)NC3CCCC3)n3ncc(Br)c3n2)CC1. The molecule has 29 heavy (non-hydrogen) atoms. The number of nitrogens with one attached hydrogen (secondary N) is 2. The Hall–Kier alpha value is -1.43. The van der Waals surface area contributed by atoms with Crippen LogP contribution >= 0.6 is 15.9 Å². The number of rotatable bonds is 7. The van der Waals surface area contributed by atoms with Gasteiger partial charge in [-0.2, -0.15) is 9.61 Å². The molecule has 0 aromatic carbocycles. The van der Waals surface area contributed by atoms with Gasteiger partial charge in [0.15, 0.2) is 5.65 Å². The van der Waals surface area contributed by atoms with Crippen molar-refractivity contribution in [2.24, 2.45) is 0 Å². The lowest BCUT2D eigenvalue weighted by molar-refractivity contribution is 0.312. The molecule has 0 spiro atoms. The minimum Gasteiger partial charge on any atom is -0.369 e. The Labute approximate surface area is 180 Å². The van der Waals surface area contributed by atoms with E-state index < -0.39 is 10.0 Å². The summed E-state index contributed by atoms with van der Waals surface area (Å²) in [6.45, 7) is 4.10. The molecule has 2 fully saturated rings. The number of aromatic nitrogens is 3. The highest BCUT2D eigenvalue weighted by Crippen LogP contribution is 2.25. The molecule has 2 aliphatic rings. The van der Waals surface area contributed by atoms with Crippen LogP contribution in [0.1, 0.15) is 25.7 Å². The number of hydrogen-bond acceptors (Lipinski definition) is 7. The topological polar surface area (TPSA) is 94.9 Å². The van der Waals surface area contributed by atoms with E-state index in [4.69, 9.17) is 4.98 Å². The van der Waals surface area contributed by atoms with Gasteiger partial charge in [-0.25, -0.2) is 18.1 Å². The first kappa shape index (κ1) is 20.8. The molecular weight excluding hydrogens is 458 g/mol. The number of fused-ring (bicyclic) bond motifs is 1. The van der Waals surface area contributed by atoms with Crippen LogP contribution in [0.25, 0.3) is 5.65 Å². The van der Waals surface area contributed by atoms with E-state index in [-0.39, 0.29) is 11.8 Å². The molecule has 0 unspecified atom stereocenters. The molecule has 0 amide bonds. The fourth-order valence-electron chi connectivity index (χ4n) is 3.92. The first-order valence-electron chi connectivity index (χ1n) is 10.1. The van der Waals surface area contributed by atoms with Gasteiger partial charge in [0, 0.05) is 44.8 Å². The minimum atomic E-state index is -3.30. The molecule has 2 aromatic heterocycles. The molecule has 0 radical (unpaired) electrons. The number of halogens is 1. The maximum Gasteiger partial charge on any atom is 0.213 e. The van der Waals surface area contributed by atoms with Crippen LogP contribution in [0.3, 0.4) is 0 Å². The zero-order valence-corrected chi connectivity index (χ0v) is 19.0. The van der Waals surface area contributed by atoms with E-state index in [9.17, 15) is 8.42 Å². The van der Waals surface area contributed by atoms with Crippen molar-refractivity contribution in [3.63, 3.8) is 0 Å². The quantitative estimate of drug-likeness (QED) is 0.613. The summed E-state index contributed by atoms with van der Waals surface area (Å²) in [4.78, 5) is 9.31. The van der Waals surface area contributed by atoms with Crippen LogP contribution in [0, 0.1) is 0 Å². The smallest absolute Gasteiger partial charge is 0.213 e. The molecular formula is C18H28BrN7O2S. The van der Waals surface area contributed by atoms with Crippen molar-refractivity contribution in [3.05, 3.63) is 16.7 Å². The highest BCUT2D eigenvalue weighted by Gasteiger charge is 2.22. The van der Waals surface area contributed by atoms with Crippen molar-refractivity contribution in [2.45, 2.75) is 31.7 Å². The highest BCUT2D eigenvalue weighted by molar-refractivity contribution is 9.10. The third-order valence-corrected chi connectivity index (χ3v) is 7.61. The first-order valence-corrected chi connectivity index (χ1v) is 12.6. The van der Waals surface area contributed by atoms with E-state index in [1.54, 1.807) is 10.7 Å². The Morgan fingerprint density at radius 3 is 2.66 bits per heavy atom. The number of nitrogens with zero attached hydrogens (tertiary/aromatic N) is 5. The summed E-state index contributed by atoms with van der Waals surface area (Å²) in [5.74, 6) is 1.64. The van der Waals surface area contributed by atoms with Crippen molar-refractivity contribution in [2.75, 3.05) is 55.7 Å². The van der Waals surface area contributed by atoms with Gasteiger partial charge in [0.25, 0.3) is 0 Å². The zero-order valence-electron chi connectivity index (χ0n) is 16.6. The predicted octanol–water partition coefficient (Wildman–Crippen LogP) is 1.52. The molecule has 1 aliphatic carbocycles. The fourth-order valence-corrected chi connectivity index (χ4v) is 5.50. The van der Waals surface area contributed by atoms with Gasteiger partial charge in [-0.05, 0) is 35.8 Å². The van der Waals surface area contributed by atoms with Gasteiger partial charge >= 0.3 is 0 Å². The molecule has 1 saturated heterocycles. The van der Waals surface area contributed by atoms with Crippen LogP contribution in [0.4, 0.5) is 11.6 Å². The second-order valence-corrected chi connectivity index (χ2v) is 10.6. The normalized spacial score (nSPS) is 19.3. The van der Waals surface area contributed by atoms with Gasteiger partial charge in [-0.1, -0.05) is 12.8 Å². The maximum atomic E-state index is 12.4. The van der Waals surface area contributed by atoms with Crippen LogP contribution in [0.2, 0.25) is 0 Å². The number of likely N-dealkylation sites (N-methyl/N-ethyl adjacent to an activating group) is 1. The molecule has 11 heteroatoms. The molecule has 9 nitrogen and oxygen atoms in total. The molecule has 0 bridgehead atoms. The number of sulfonamides is 1. The maximum absolute atomic E-state index is 12.4. The Morgan fingerprint density at radius 2 is 1.93 bits per heavy atom. The van der Waals surface area contributed by atoms with Gasteiger partial charge in [0.2, 0.25) is 10.0 Å². The Kier molecular flexibility index (Phi) is 6.28. The molecule has 3 heterocycles. The van der Waals surface area contributed by atoms with E-state index in [1.807, 2.05) is 6.07 Å². The molecule has 1 aliphatic heterocycles. The first-order chi connectivity index (χ1) is 13.9. The zero-order chi connectivity index (χ0) is 20.4. The van der Waals surface area contributed by atoms with Crippen LogP contribution in [-0.2, 0) is 10.0 Å². The summed E-state index contributed by atoms with van der Waals surface area (Å²) < 4.78 is 30.1.